The number of piperazine rings is 1. The van der Waals surface area contributed by atoms with Gasteiger partial charge in [-0.15, -0.1) is 0 Å². The Morgan fingerprint density at radius 2 is 1.88 bits per heavy atom. The van der Waals surface area contributed by atoms with E-state index in [-0.39, 0.29) is 11.8 Å². The molecule has 1 saturated heterocycles. The highest BCUT2D eigenvalue weighted by molar-refractivity contribution is 9.11. The second-order valence-corrected chi connectivity index (χ2v) is 9.79. The van der Waals surface area contributed by atoms with Crippen molar-refractivity contribution in [1.82, 2.24) is 4.90 Å². The van der Waals surface area contributed by atoms with Crippen molar-refractivity contribution in [3.63, 3.8) is 0 Å². The first kappa shape index (κ1) is 25.6. The average molecular weight is 600 g/mol. The summed E-state index contributed by atoms with van der Waals surface area (Å²) in [6.07, 6.45) is 4.60. The van der Waals surface area contributed by atoms with Crippen LogP contribution in [0.3, 0.4) is 0 Å². The number of hydrogen-bond donors (Lipinski definition) is 1. The van der Waals surface area contributed by atoms with E-state index in [2.05, 4.69) is 42.1 Å². The van der Waals surface area contributed by atoms with Crippen LogP contribution in [0.5, 0.6) is 5.75 Å². The van der Waals surface area contributed by atoms with Crippen LogP contribution in [0.1, 0.15) is 25.3 Å². The summed E-state index contributed by atoms with van der Waals surface area (Å²) in [7, 11) is 1.58. The minimum absolute atomic E-state index is 0.210. The fourth-order valence-corrected chi connectivity index (χ4v) is 5.40. The summed E-state index contributed by atoms with van der Waals surface area (Å²) in [6, 6.07) is 9.22. The van der Waals surface area contributed by atoms with Gasteiger partial charge < -0.3 is 19.9 Å². The zero-order valence-corrected chi connectivity index (χ0v) is 22.5. The van der Waals surface area contributed by atoms with Crippen molar-refractivity contribution in [2.75, 3.05) is 43.5 Å². The van der Waals surface area contributed by atoms with Gasteiger partial charge in [-0.05, 0) is 58.8 Å². The topological polar surface area (TPSA) is 61.9 Å². The molecule has 0 aliphatic carbocycles. The van der Waals surface area contributed by atoms with Gasteiger partial charge in [-0.2, -0.15) is 0 Å². The lowest BCUT2D eigenvalue weighted by Crippen LogP contribution is -2.48. The molecule has 33 heavy (non-hydrogen) atoms. The fraction of sp³-hybridized carbons (Fsp3) is 0.333. The Balaban J connectivity index is 1.62. The second kappa shape index (κ2) is 11.9. The zero-order chi connectivity index (χ0) is 24.0. The van der Waals surface area contributed by atoms with Crippen molar-refractivity contribution in [2.24, 2.45) is 0 Å². The highest BCUT2D eigenvalue weighted by atomic mass is 79.9. The van der Waals surface area contributed by atoms with Gasteiger partial charge in [0.25, 0.3) is 0 Å². The van der Waals surface area contributed by atoms with Gasteiger partial charge in [0.2, 0.25) is 11.8 Å². The maximum absolute atomic E-state index is 12.5. The van der Waals surface area contributed by atoms with Crippen LogP contribution in [0.2, 0.25) is 5.02 Å². The summed E-state index contributed by atoms with van der Waals surface area (Å²) in [4.78, 5) is 28.6. The van der Waals surface area contributed by atoms with E-state index < -0.39 is 0 Å². The van der Waals surface area contributed by atoms with E-state index in [0.717, 1.165) is 39.7 Å². The van der Waals surface area contributed by atoms with E-state index in [1.807, 2.05) is 36.1 Å². The van der Waals surface area contributed by atoms with Crippen molar-refractivity contribution in [3.05, 3.63) is 55.9 Å². The minimum atomic E-state index is -0.278. The predicted octanol–water partition coefficient (Wildman–Crippen LogP) is 5.97. The van der Waals surface area contributed by atoms with Gasteiger partial charge in [-0.25, -0.2) is 0 Å². The lowest BCUT2D eigenvalue weighted by Gasteiger charge is -2.36. The first-order valence-electron chi connectivity index (χ1n) is 10.7. The van der Waals surface area contributed by atoms with Crippen LogP contribution in [0, 0.1) is 0 Å². The van der Waals surface area contributed by atoms with E-state index >= 15 is 0 Å². The van der Waals surface area contributed by atoms with Crippen molar-refractivity contribution in [2.45, 2.75) is 19.8 Å². The van der Waals surface area contributed by atoms with Crippen LogP contribution < -0.4 is 15.0 Å². The predicted molar refractivity (Wildman–Crippen MR) is 141 cm³/mol. The molecule has 176 valence electrons. The summed E-state index contributed by atoms with van der Waals surface area (Å²) >= 11 is 13.4. The molecule has 0 bridgehead atoms. The molecule has 0 atom stereocenters. The molecule has 0 unspecified atom stereocenters. The van der Waals surface area contributed by atoms with Crippen LogP contribution in [-0.4, -0.2) is 50.0 Å². The summed E-state index contributed by atoms with van der Waals surface area (Å²) in [5, 5.41) is 3.40. The molecule has 9 heteroatoms. The van der Waals surface area contributed by atoms with Gasteiger partial charge in [-0.1, -0.05) is 34.5 Å². The smallest absolute Gasteiger partial charge is 0.248 e. The molecule has 0 spiro atoms. The van der Waals surface area contributed by atoms with Gasteiger partial charge in [0.15, 0.2) is 0 Å². The third kappa shape index (κ3) is 6.74. The number of carbonyl (C=O) groups excluding carboxylic acids is 2. The molecular formula is C24H26Br2ClN3O3. The first-order valence-corrected chi connectivity index (χ1v) is 12.6. The van der Waals surface area contributed by atoms with E-state index in [1.54, 1.807) is 19.3 Å². The van der Waals surface area contributed by atoms with Crippen molar-refractivity contribution >= 4 is 72.7 Å². The number of hydrogen-bond acceptors (Lipinski definition) is 4. The van der Waals surface area contributed by atoms with Crippen LogP contribution in [0.25, 0.3) is 6.08 Å². The molecule has 1 aliphatic rings. The Morgan fingerprint density at radius 3 is 2.52 bits per heavy atom. The molecule has 1 N–H and O–H groups in total. The number of rotatable bonds is 7. The van der Waals surface area contributed by atoms with E-state index in [9.17, 15) is 9.59 Å². The van der Waals surface area contributed by atoms with Crippen molar-refractivity contribution in [1.29, 1.82) is 0 Å². The van der Waals surface area contributed by atoms with Gasteiger partial charge in [0.1, 0.15) is 5.75 Å². The monoisotopic (exact) mass is 597 g/mol. The molecule has 1 aliphatic heterocycles. The lowest BCUT2D eigenvalue weighted by molar-refractivity contribution is -0.131. The molecule has 0 aromatic heterocycles. The molecular weight excluding hydrogens is 574 g/mol. The zero-order valence-electron chi connectivity index (χ0n) is 18.5. The molecule has 2 amide bonds. The molecule has 2 aromatic rings. The summed E-state index contributed by atoms with van der Waals surface area (Å²) in [6.45, 7) is 4.85. The number of methoxy groups -OCH3 is 1. The van der Waals surface area contributed by atoms with Crippen LogP contribution >= 0.6 is 43.5 Å². The van der Waals surface area contributed by atoms with Crippen molar-refractivity contribution in [3.8, 4) is 5.75 Å². The Bertz CT molecular complexity index is 1050. The fourth-order valence-electron chi connectivity index (χ4n) is 3.68. The lowest BCUT2D eigenvalue weighted by atomic mass is 10.2. The quantitative estimate of drug-likeness (QED) is 0.398. The van der Waals surface area contributed by atoms with E-state index in [1.165, 1.54) is 6.08 Å². The Labute approximate surface area is 216 Å². The molecule has 0 radical (unpaired) electrons. The van der Waals surface area contributed by atoms with E-state index in [0.29, 0.717) is 36.0 Å². The number of carbonyl (C=O) groups is 2. The molecule has 2 aromatic carbocycles. The maximum Gasteiger partial charge on any atom is 0.248 e. The maximum atomic E-state index is 12.5. The highest BCUT2D eigenvalue weighted by Gasteiger charge is 2.22. The van der Waals surface area contributed by atoms with Gasteiger partial charge in [-0.3, -0.25) is 9.59 Å². The molecule has 0 saturated carbocycles. The molecule has 1 fully saturated rings. The SMILES string of the molecule is CCCC(=O)N1CCN(c2ccc(NC(=O)/C=C/c3cc(Br)cc(Br)c3OC)cc2Cl)CC1. The number of nitrogens with one attached hydrogen (secondary N) is 1. The number of anilines is 2. The van der Waals surface area contributed by atoms with Crippen LogP contribution in [-0.2, 0) is 9.59 Å². The molecule has 6 nitrogen and oxygen atoms in total. The Morgan fingerprint density at radius 1 is 1.15 bits per heavy atom. The first-order chi connectivity index (χ1) is 15.8. The summed E-state index contributed by atoms with van der Waals surface area (Å²) < 4.78 is 7.06. The highest BCUT2D eigenvalue weighted by Crippen LogP contribution is 2.33. The van der Waals surface area contributed by atoms with Gasteiger partial charge in [0.05, 0.1) is 22.3 Å². The number of amides is 2. The van der Waals surface area contributed by atoms with E-state index in [4.69, 9.17) is 16.3 Å². The number of ether oxygens (including phenoxy) is 1. The summed E-state index contributed by atoms with van der Waals surface area (Å²) in [5.41, 5.74) is 2.27. The Kier molecular flexibility index (Phi) is 9.23. The summed E-state index contributed by atoms with van der Waals surface area (Å²) in [5.74, 6) is 0.577. The second-order valence-electron chi connectivity index (χ2n) is 7.62. The average Bonchev–Trinajstić information content (AvgIpc) is 2.78. The third-order valence-electron chi connectivity index (χ3n) is 5.31. The molecule has 3 rings (SSSR count). The van der Waals surface area contributed by atoms with Gasteiger partial charge >= 0.3 is 0 Å². The van der Waals surface area contributed by atoms with Crippen molar-refractivity contribution < 1.29 is 14.3 Å². The van der Waals surface area contributed by atoms with Crippen LogP contribution in [0.4, 0.5) is 11.4 Å². The Hall–Kier alpha value is -2.03. The number of nitrogens with zero attached hydrogens (tertiary/aromatic N) is 2. The van der Waals surface area contributed by atoms with Crippen LogP contribution in [0.15, 0.2) is 45.4 Å². The third-order valence-corrected chi connectivity index (χ3v) is 6.66. The standard InChI is InChI=1S/C24H26Br2ClN3O3/c1-3-4-23(32)30-11-9-29(10-12-30)21-7-6-18(15-20(21)27)28-22(31)8-5-16-13-17(25)14-19(26)24(16)33-2/h5-8,13-15H,3-4,9-12H2,1-2H3,(H,28,31)/b8-5+. The number of halogens is 3. The molecule has 1 heterocycles. The van der Waals surface area contributed by atoms with Gasteiger partial charge in [0, 0.05) is 54.4 Å². The normalized spacial score (nSPS) is 14.0. The number of benzene rings is 2. The largest absolute Gasteiger partial charge is 0.495 e. The minimum Gasteiger partial charge on any atom is -0.495 e.